The number of anilines is 1. The van der Waals surface area contributed by atoms with Gasteiger partial charge in [-0.1, -0.05) is 35.9 Å². The van der Waals surface area contributed by atoms with Crippen molar-refractivity contribution in [3.8, 4) is 5.69 Å². The molecule has 2 aromatic carbocycles. The second-order valence-electron chi connectivity index (χ2n) is 7.42. The number of hydrogen-bond donors (Lipinski definition) is 1. The van der Waals surface area contributed by atoms with Crippen LogP contribution in [0.5, 0.6) is 0 Å². The summed E-state index contributed by atoms with van der Waals surface area (Å²) in [6.45, 7) is 3.56. The van der Waals surface area contributed by atoms with Gasteiger partial charge >= 0.3 is 5.97 Å². The first-order valence-corrected chi connectivity index (χ1v) is 9.71. The van der Waals surface area contributed by atoms with E-state index in [4.69, 9.17) is 4.74 Å². The van der Waals surface area contributed by atoms with Gasteiger partial charge < -0.3 is 10.1 Å². The summed E-state index contributed by atoms with van der Waals surface area (Å²) in [6, 6.07) is 17.0. The number of amides is 1. The molecule has 1 aromatic heterocycles. The Morgan fingerprint density at radius 1 is 1.10 bits per heavy atom. The molecule has 6 heteroatoms. The predicted octanol–water partition coefficient (Wildman–Crippen LogP) is 4.16. The number of aryl methyl sites for hydroxylation is 2. The van der Waals surface area contributed by atoms with Gasteiger partial charge in [-0.05, 0) is 56.5 Å². The molecule has 3 aromatic rings. The molecule has 1 heterocycles. The molecule has 1 amide bonds. The van der Waals surface area contributed by atoms with E-state index in [9.17, 15) is 9.59 Å². The zero-order chi connectivity index (χ0) is 20.4. The lowest BCUT2D eigenvalue weighted by atomic mass is 10.1. The summed E-state index contributed by atoms with van der Waals surface area (Å²) >= 11 is 0. The maximum atomic E-state index is 12.7. The normalized spacial score (nSPS) is 13.2. The fourth-order valence-corrected chi connectivity index (χ4v) is 3.23. The molecule has 1 aliphatic rings. The zero-order valence-corrected chi connectivity index (χ0v) is 16.5. The first kappa shape index (κ1) is 18.9. The van der Waals surface area contributed by atoms with Crippen LogP contribution in [0.2, 0.25) is 0 Å². The summed E-state index contributed by atoms with van der Waals surface area (Å²) in [5.41, 5.74) is 4.79. The Hall–Kier alpha value is -3.41. The topological polar surface area (TPSA) is 73.2 Å². The second kappa shape index (κ2) is 7.91. The van der Waals surface area contributed by atoms with E-state index in [1.54, 1.807) is 10.7 Å². The maximum absolute atomic E-state index is 12.7. The molecule has 0 radical (unpaired) electrons. The Balaban J connectivity index is 1.46. The first-order valence-electron chi connectivity index (χ1n) is 9.71. The molecule has 4 rings (SSSR count). The average molecular weight is 389 g/mol. The monoisotopic (exact) mass is 389 g/mol. The van der Waals surface area contributed by atoms with E-state index >= 15 is 0 Å². The Bertz CT molecular complexity index is 1050. The maximum Gasteiger partial charge on any atom is 0.357 e. The van der Waals surface area contributed by atoms with Crippen LogP contribution in [-0.2, 0) is 9.53 Å². The van der Waals surface area contributed by atoms with Crippen molar-refractivity contribution in [3.05, 3.63) is 77.1 Å². The van der Waals surface area contributed by atoms with Crippen LogP contribution in [0.15, 0.2) is 54.6 Å². The molecule has 1 N–H and O–H groups in total. The third kappa shape index (κ3) is 4.37. The first-order chi connectivity index (χ1) is 14.0. The van der Waals surface area contributed by atoms with Crippen molar-refractivity contribution in [3.63, 3.8) is 0 Å². The molecule has 148 valence electrons. The van der Waals surface area contributed by atoms with E-state index < -0.39 is 5.97 Å². The van der Waals surface area contributed by atoms with Crippen molar-refractivity contribution < 1.29 is 14.3 Å². The summed E-state index contributed by atoms with van der Waals surface area (Å²) in [4.78, 5) is 25.0. The number of benzene rings is 2. The third-order valence-corrected chi connectivity index (χ3v) is 4.92. The molecule has 6 nitrogen and oxygen atoms in total. The van der Waals surface area contributed by atoms with Gasteiger partial charge in [-0.3, -0.25) is 4.79 Å². The molecule has 1 saturated carbocycles. The van der Waals surface area contributed by atoms with E-state index in [1.807, 2.05) is 62.4 Å². The van der Waals surface area contributed by atoms with Crippen LogP contribution in [0.1, 0.15) is 46.1 Å². The van der Waals surface area contributed by atoms with Gasteiger partial charge in [0.2, 0.25) is 0 Å². The van der Waals surface area contributed by atoms with Gasteiger partial charge in [0.15, 0.2) is 12.3 Å². The average Bonchev–Trinajstić information content (AvgIpc) is 3.47. The van der Waals surface area contributed by atoms with Crippen LogP contribution in [-0.4, -0.2) is 28.3 Å². The van der Waals surface area contributed by atoms with Crippen molar-refractivity contribution in [1.82, 2.24) is 9.78 Å². The molecular weight excluding hydrogens is 366 g/mol. The molecule has 1 fully saturated rings. The van der Waals surface area contributed by atoms with Gasteiger partial charge in [-0.2, -0.15) is 5.10 Å². The Morgan fingerprint density at radius 3 is 2.55 bits per heavy atom. The quantitative estimate of drug-likeness (QED) is 0.643. The number of nitrogens with zero attached hydrogens (tertiary/aromatic N) is 2. The summed E-state index contributed by atoms with van der Waals surface area (Å²) < 4.78 is 6.88. The number of hydrogen-bond acceptors (Lipinski definition) is 4. The number of esters is 1. The second-order valence-corrected chi connectivity index (χ2v) is 7.42. The lowest BCUT2D eigenvalue weighted by Gasteiger charge is -2.10. The van der Waals surface area contributed by atoms with Crippen molar-refractivity contribution in [1.29, 1.82) is 0 Å². The van der Waals surface area contributed by atoms with Gasteiger partial charge in [-0.25, -0.2) is 9.48 Å². The molecule has 0 aliphatic heterocycles. The fourth-order valence-electron chi connectivity index (χ4n) is 3.23. The van der Waals surface area contributed by atoms with Crippen LogP contribution in [0.25, 0.3) is 5.69 Å². The molecule has 1 aliphatic carbocycles. The minimum absolute atomic E-state index is 0.331. The lowest BCUT2D eigenvalue weighted by molar-refractivity contribution is -0.119. The van der Waals surface area contributed by atoms with Crippen molar-refractivity contribution in [2.75, 3.05) is 11.9 Å². The number of aromatic nitrogens is 2. The smallest absolute Gasteiger partial charge is 0.357 e. The largest absolute Gasteiger partial charge is 0.451 e. The SMILES string of the molecule is Cc1ccc(NC(=O)COC(=O)c2cc(C3CC3)nn2-c2ccccc2)c(C)c1. The minimum Gasteiger partial charge on any atom is -0.451 e. The van der Waals surface area contributed by atoms with Crippen LogP contribution >= 0.6 is 0 Å². The van der Waals surface area contributed by atoms with Gasteiger partial charge in [0, 0.05) is 11.6 Å². The number of para-hydroxylation sites is 1. The van der Waals surface area contributed by atoms with Gasteiger partial charge in [0.1, 0.15) is 0 Å². The summed E-state index contributed by atoms with van der Waals surface area (Å²) in [6.07, 6.45) is 2.16. The van der Waals surface area contributed by atoms with E-state index in [0.717, 1.165) is 35.3 Å². The van der Waals surface area contributed by atoms with Gasteiger partial charge in [-0.15, -0.1) is 0 Å². The van der Waals surface area contributed by atoms with Crippen molar-refractivity contribution >= 4 is 17.6 Å². The highest BCUT2D eigenvalue weighted by molar-refractivity contribution is 5.95. The number of ether oxygens (including phenoxy) is 1. The Morgan fingerprint density at radius 2 is 1.86 bits per heavy atom. The van der Waals surface area contributed by atoms with Crippen LogP contribution in [0.4, 0.5) is 5.69 Å². The molecule has 0 saturated heterocycles. The van der Waals surface area contributed by atoms with Gasteiger partial charge in [0.05, 0.1) is 11.4 Å². The summed E-state index contributed by atoms with van der Waals surface area (Å²) in [7, 11) is 0. The van der Waals surface area contributed by atoms with Crippen LogP contribution in [0, 0.1) is 13.8 Å². The highest BCUT2D eigenvalue weighted by Gasteiger charge is 2.29. The summed E-state index contributed by atoms with van der Waals surface area (Å²) in [5, 5.41) is 7.38. The predicted molar refractivity (Wildman–Crippen MR) is 110 cm³/mol. The molecule has 0 bridgehead atoms. The lowest BCUT2D eigenvalue weighted by Crippen LogP contribution is -2.22. The molecule has 0 unspecified atom stereocenters. The number of rotatable bonds is 6. The Labute approximate surface area is 169 Å². The van der Waals surface area contributed by atoms with E-state index in [1.165, 1.54) is 0 Å². The highest BCUT2D eigenvalue weighted by Crippen LogP contribution is 2.39. The minimum atomic E-state index is -0.566. The third-order valence-electron chi connectivity index (χ3n) is 4.92. The van der Waals surface area contributed by atoms with Crippen LogP contribution in [0.3, 0.4) is 0 Å². The summed E-state index contributed by atoms with van der Waals surface area (Å²) in [5.74, 6) is -0.540. The van der Waals surface area contributed by atoms with E-state index in [-0.39, 0.29) is 12.5 Å². The molecular formula is C23H23N3O3. The number of nitrogens with one attached hydrogen (secondary N) is 1. The molecule has 0 spiro atoms. The molecule has 0 atom stereocenters. The van der Waals surface area contributed by atoms with E-state index in [0.29, 0.717) is 17.3 Å². The standard InChI is InChI=1S/C23H23N3O3/c1-15-8-11-19(16(2)12-15)24-22(27)14-29-23(28)21-13-20(17-9-10-17)25-26(21)18-6-4-3-5-7-18/h3-8,11-13,17H,9-10,14H2,1-2H3,(H,24,27). The van der Waals surface area contributed by atoms with Gasteiger partial charge in [0.25, 0.3) is 5.91 Å². The number of carbonyl (C=O) groups is 2. The van der Waals surface area contributed by atoms with E-state index in [2.05, 4.69) is 10.4 Å². The van der Waals surface area contributed by atoms with Crippen molar-refractivity contribution in [2.24, 2.45) is 0 Å². The van der Waals surface area contributed by atoms with Crippen LogP contribution < -0.4 is 5.32 Å². The number of carbonyl (C=O) groups excluding carboxylic acids is 2. The van der Waals surface area contributed by atoms with Crippen molar-refractivity contribution in [2.45, 2.75) is 32.6 Å². The Kier molecular flexibility index (Phi) is 5.16. The highest BCUT2D eigenvalue weighted by atomic mass is 16.5. The molecule has 29 heavy (non-hydrogen) atoms. The fraction of sp³-hybridized carbons (Fsp3) is 0.261. The zero-order valence-electron chi connectivity index (χ0n) is 16.5.